The average Bonchev–Trinajstić information content (AvgIpc) is 2.63. The van der Waals surface area contributed by atoms with Crippen molar-refractivity contribution in [1.29, 1.82) is 0 Å². The minimum Gasteiger partial charge on any atom is -0.469 e. The SMILES string of the molecule is C=C(CCCC(C)=O)[C@@H]1C(=O)OC/C(=C/CCC(C)(C)OO)[C@@H]1CC(=O)OC. The monoisotopic (exact) mass is 396 g/mol. The highest BCUT2D eigenvalue weighted by molar-refractivity contribution is 5.80. The molecule has 0 spiro atoms. The van der Waals surface area contributed by atoms with Crippen LogP contribution in [0.3, 0.4) is 0 Å². The zero-order valence-electron chi connectivity index (χ0n) is 17.3. The first-order chi connectivity index (χ1) is 13.1. The van der Waals surface area contributed by atoms with E-state index in [-0.39, 0.29) is 18.8 Å². The third-order valence-electron chi connectivity index (χ3n) is 4.99. The second kappa shape index (κ2) is 11.1. The molecule has 0 aromatic heterocycles. The summed E-state index contributed by atoms with van der Waals surface area (Å²) in [7, 11) is 1.31. The molecule has 1 fully saturated rings. The second-order valence-electron chi connectivity index (χ2n) is 7.85. The van der Waals surface area contributed by atoms with Gasteiger partial charge < -0.3 is 14.3 Å². The van der Waals surface area contributed by atoms with Crippen LogP contribution in [-0.2, 0) is 28.7 Å². The molecule has 28 heavy (non-hydrogen) atoms. The number of esters is 2. The molecule has 7 heteroatoms. The van der Waals surface area contributed by atoms with E-state index < -0.39 is 29.4 Å². The Labute approximate surface area is 166 Å². The summed E-state index contributed by atoms with van der Waals surface area (Å²) >= 11 is 0. The summed E-state index contributed by atoms with van der Waals surface area (Å²) in [6.07, 6.45) is 4.64. The van der Waals surface area contributed by atoms with Crippen LogP contribution in [0, 0.1) is 11.8 Å². The van der Waals surface area contributed by atoms with Crippen LogP contribution in [0.2, 0.25) is 0 Å². The summed E-state index contributed by atoms with van der Waals surface area (Å²) in [5.41, 5.74) is 0.789. The Morgan fingerprint density at radius 1 is 1.36 bits per heavy atom. The predicted molar refractivity (Wildman–Crippen MR) is 103 cm³/mol. The molecule has 0 radical (unpaired) electrons. The molecule has 1 aliphatic heterocycles. The Morgan fingerprint density at radius 3 is 2.61 bits per heavy atom. The number of Topliss-reactive ketones (excluding diaryl/α,β-unsaturated/α-hetero) is 1. The quantitative estimate of drug-likeness (QED) is 0.246. The Hall–Kier alpha value is -1.99. The first-order valence-electron chi connectivity index (χ1n) is 9.53. The number of hydrogen-bond acceptors (Lipinski definition) is 7. The number of carbonyl (C=O) groups excluding carboxylic acids is 3. The molecule has 1 aliphatic rings. The number of ketones is 1. The summed E-state index contributed by atoms with van der Waals surface area (Å²) in [5.74, 6) is -1.77. The molecule has 0 aromatic carbocycles. The van der Waals surface area contributed by atoms with E-state index in [9.17, 15) is 14.4 Å². The Balaban J connectivity index is 2.99. The van der Waals surface area contributed by atoms with Crippen molar-refractivity contribution < 1.29 is 34.0 Å². The molecule has 1 heterocycles. The standard InChI is InChI=1S/C21H32O7/c1-14(8-6-9-15(2)22)19-17(12-18(23)26-5)16(13-27-20(19)24)10-7-11-21(3,4)28-25/h10,17,19,25H,1,6-9,11-13H2,2-5H3/b16-10-/t17-,19-/m0/s1. The van der Waals surface area contributed by atoms with Gasteiger partial charge in [-0.1, -0.05) is 18.2 Å². The van der Waals surface area contributed by atoms with Crippen molar-refractivity contribution in [1.82, 2.24) is 0 Å². The molecule has 0 unspecified atom stereocenters. The molecule has 0 amide bonds. The third kappa shape index (κ3) is 7.56. The van der Waals surface area contributed by atoms with Gasteiger partial charge in [0.2, 0.25) is 0 Å². The summed E-state index contributed by atoms with van der Waals surface area (Å²) in [6.45, 7) is 9.19. The van der Waals surface area contributed by atoms with E-state index >= 15 is 0 Å². The number of rotatable bonds is 11. The van der Waals surface area contributed by atoms with Gasteiger partial charge in [0.15, 0.2) is 0 Å². The topological polar surface area (TPSA) is 99.1 Å². The van der Waals surface area contributed by atoms with Crippen LogP contribution in [0.15, 0.2) is 23.8 Å². The summed E-state index contributed by atoms with van der Waals surface area (Å²) in [6, 6.07) is 0. The summed E-state index contributed by atoms with van der Waals surface area (Å²) < 4.78 is 10.1. The Kier molecular flexibility index (Phi) is 9.55. The zero-order chi connectivity index (χ0) is 21.3. The first kappa shape index (κ1) is 24.0. The normalized spacial score (nSPS) is 21.3. The van der Waals surface area contributed by atoms with Crippen LogP contribution in [0.1, 0.15) is 59.3 Å². The van der Waals surface area contributed by atoms with Gasteiger partial charge in [-0.15, -0.1) is 0 Å². The zero-order valence-corrected chi connectivity index (χ0v) is 17.3. The number of carbonyl (C=O) groups is 3. The number of ether oxygens (including phenoxy) is 2. The van der Waals surface area contributed by atoms with Crippen molar-refractivity contribution in [3.05, 3.63) is 23.8 Å². The van der Waals surface area contributed by atoms with Crippen LogP contribution in [0.25, 0.3) is 0 Å². The molecule has 2 atom stereocenters. The maximum Gasteiger partial charge on any atom is 0.314 e. The minimum absolute atomic E-state index is 0.0493. The maximum absolute atomic E-state index is 12.5. The van der Waals surface area contributed by atoms with Crippen molar-refractivity contribution in [2.45, 2.75) is 64.9 Å². The lowest BCUT2D eigenvalue weighted by molar-refractivity contribution is -0.313. The molecule has 0 bridgehead atoms. The van der Waals surface area contributed by atoms with E-state index in [1.165, 1.54) is 14.0 Å². The lowest BCUT2D eigenvalue weighted by Crippen LogP contribution is -2.37. The number of methoxy groups -OCH3 is 1. The lowest BCUT2D eigenvalue weighted by Gasteiger charge is -2.33. The highest BCUT2D eigenvalue weighted by Gasteiger charge is 2.39. The third-order valence-corrected chi connectivity index (χ3v) is 4.99. The molecule has 7 nitrogen and oxygen atoms in total. The fourth-order valence-corrected chi connectivity index (χ4v) is 3.27. The molecule has 1 saturated heterocycles. The molecule has 1 rings (SSSR count). The predicted octanol–water partition coefficient (Wildman–Crippen LogP) is 3.63. The summed E-state index contributed by atoms with van der Waals surface area (Å²) in [5, 5.41) is 8.92. The van der Waals surface area contributed by atoms with Gasteiger partial charge >= 0.3 is 11.9 Å². The van der Waals surface area contributed by atoms with Crippen molar-refractivity contribution in [2.75, 3.05) is 13.7 Å². The lowest BCUT2D eigenvalue weighted by atomic mass is 9.76. The fraction of sp³-hybridized carbons (Fsp3) is 0.667. The van der Waals surface area contributed by atoms with Crippen LogP contribution in [0.5, 0.6) is 0 Å². The average molecular weight is 396 g/mol. The van der Waals surface area contributed by atoms with E-state index in [1.54, 1.807) is 13.8 Å². The Bertz CT molecular complexity index is 618. The van der Waals surface area contributed by atoms with Gasteiger partial charge in [0.1, 0.15) is 12.4 Å². The van der Waals surface area contributed by atoms with Crippen LogP contribution in [-0.4, -0.2) is 42.3 Å². The van der Waals surface area contributed by atoms with E-state index in [0.717, 1.165) is 5.57 Å². The van der Waals surface area contributed by atoms with Gasteiger partial charge in [-0.2, -0.15) is 0 Å². The fourth-order valence-electron chi connectivity index (χ4n) is 3.27. The Morgan fingerprint density at radius 2 is 2.04 bits per heavy atom. The van der Waals surface area contributed by atoms with Gasteiger partial charge in [0.05, 0.1) is 25.0 Å². The minimum atomic E-state index is -0.698. The van der Waals surface area contributed by atoms with Gasteiger partial charge in [-0.3, -0.25) is 14.8 Å². The number of allylic oxidation sites excluding steroid dienone is 1. The number of cyclic esters (lactones) is 1. The van der Waals surface area contributed by atoms with Crippen LogP contribution in [0.4, 0.5) is 0 Å². The van der Waals surface area contributed by atoms with Crippen molar-refractivity contribution >= 4 is 17.7 Å². The molecule has 158 valence electrons. The van der Waals surface area contributed by atoms with Gasteiger partial charge in [-0.05, 0) is 52.0 Å². The second-order valence-corrected chi connectivity index (χ2v) is 7.85. The highest BCUT2D eigenvalue weighted by atomic mass is 17.1. The number of hydrogen-bond donors (Lipinski definition) is 1. The van der Waals surface area contributed by atoms with E-state index in [4.69, 9.17) is 14.7 Å². The van der Waals surface area contributed by atoms with Crippen molar-refractivity contribution in [3.63, 3.8) is 0 Å². The summed E-state index contributed by atoms with van der Waals surface area (Å²) in [4.78, 5) is 40.0. The van der Waals surface area contributed by atoms with Crippen LogP contribution < -0.4 is 0 Å². The first-order valence-corrected chi connectivity index (χ1v) is 9.53. The molecule has 0 aliphatic carbocycles. The van der Waals surface area contributed by atoms with E-state index in [1.807, 2.05) is 6.08 Å². The van der Waals surface area contributed by atoms with Gasteiger partial charge in [-0.25, -0.2) is 4.89 Å². The largest absolute Gasteiger partial charge is 0.469 e. The van der Waals surface area contributed by atoms with E-state index in [0.29, 0.717) is 37.7 Å². The molecule has 0 saturated carbocycles. The van der Waals surface area contributed by atoms with Gasteiger partial charge in [0.25, 0.3) is 0 Å². The molecule has 0 aromatic rings. The smallest absolute Gasteiger partial charge is 0.314 e. The molecular weight excluding hydrogens is 364 g/mol. The molecule has 1 N–H and O–H groups in total. The van der Waals surface area contributed by atoms with Gasteiger partial charge in [0, 0.05) is 12.3 Å². The maximum atomic E-state index is 12.5. The van der Waals surface area contributed by atoms with Crippen molar-refractivity contribution in [3.8, 4) is 0 Å². The van der Waals surface area contributed by atoms with Crippen molar-refractivity contribution in [2.24, 2.45) is 11.8 Å². The highest BCUT2D eigenvalue weighted by Crippen LogP contribution is 2.37. The van der Waals surface area contributed by atoms with Crippen LogP contribution >= 0.6 is 0 Å². The molecular formula is C21H32O7. The van der Waals surface area contributed by atoms with E-state index in [2.05, 4.69) is 11.5 Å².